The molecule has 27 heavy (non-hydrogen) atoms. The Hall–Kier alpha value is -2.44. The summed E-state index contributed by atoms with van der Waals surface area (Å²) in [5, 5.41) is 5.15. The number of esters is 1. The highest BCUT2D eigenvalue weighted by Crippen LogP contribution is 2.36. The number of rotatable bonds is 9. The number of carbonyl (C=O) groups excluding carboxylic acids is 1. The molecule has 0 aliphatic rings. The van der Waals surface area contributed by atoms with Crippen LogP contribution in [0, 0.1) is 0 Å². The molecule has 0 amide bonds. The van der Waals surface area contributed by atoms with E-state index in [4.69, 9.17) is 32.7 Å². The van der Waals surface area contributed by atoms with Gasteiger partial charge in [-0.05, 0) is 36.2 Å². The second kappa shape index (κ2) is 10.6. The number of halogens is 2. The van der Waals surface area contributed by atoms with Gasteiger partial charge < -0.3 is 19.6 Å². The predicted molar refractivity (Wildman–Crippen MR) is 106 cm³/mol. The molecule has 2 rings (SSSR count). The first-order valence-electron chi connectivity index (χ1n) is 8.20. The van der Waals surface area contributed by atoms with E-state index in [0.29, 0.717) is 34.5 Å². The molecule has 1 N–H and O–H groups in total. The first-order chi connectivity index (χ1) is 13.0. The van der Waals surface area contributed by atoms with Gasteiger partial charge in [-0.25, -0.2) is 4.79 Å². The third-order valence-corrected chi connectivity index (χ3v) is 4.08. The lowest BCUT2D eigenvalue weighted by atomic mass is 10.2. The average molecular weight is 411 g/mol. The van der Waals surface area contributed by atoms with Crippen molar-refractivity contribution in [1.82, 2.24) is 5.43 Å². The number of methoxy groups -OCH3 is 1. The fraction of sp³-hybridized carbons (Fsp3) is 0.263. The molecule has 0 aromatic heterocycles. The van der Waals surface area contributed by atoms with E-state index in [1.807, 2.05) is 31.2 Å². The third-order valence-electron chi connectivity index (χ3n) is 3.43. The largest absolute Gasteiger partial charge is 0.490 e. The summed E-state index contributed by atoms with van der Waals surface area (Å²) >= 11 is 12.4. The Bertz CT molecular complexity index is 812. The highest BCUT2D eigenvalue weighted by atomic mass is 35.5. The van der Waals surface area contributed by atoms with E-state index in [0.717, 1.165) is 5.56 Å². The molecule has 0 unspecified atom stereocenters. The Kier molecular flexibility index (Phi) is 8.23. The van der Waals surface area contributed by atoms with Crippen molar-refractivity contribution in [2.75, 3.05) is 20.3 Å². The molecular formula is C19H20Cl2N2O4. The first kappa shape index (κ1) is 20.9. The minimum Gasteiger partial charge on any atom is -0.490 e. The summed E-state index contributed by atoms with van der Waals surface area (Å²) in [6, 6.07) is 10.9. The molecule has 144 valence electrons. The molecule has 0 atom stereocenters. The van der Waals surface area contributed by atoms with Crippen LogP contribution in [0.1, 0.15) is 18.1 Å². The standard InChI is InChI=1S/C19H20Cl2N2O4/c1-3-26-17-9-13(8-16(21)19(17)27-12-18(24)25-2)10-22-23-11-14-6-4-5-7-15(14)20/h4-10,23H,3,11-12H2,1-2H3/b22-10-. The minimum absolute atomic E-state index is 0.261. The molecule has 2 aromatic carbocycles. The summed E-state index contributed by atoms with van der Waals surface area (Å²) in [6.07, 6.45) is 1.61. The van der Waals surface area contributed by atoms with Gasteiger partial charge >= 0.3 is 5.97 Å². The summed E-state index contributed by atoms with van der Waals surface area (Å²) in [7, 11) is 1.28. The van der Waals surface area contributed by atoms with Gasteiger partial charge in [0.25, 0.3) is 0 Å². The van der Waals surface area contributed by atoms with Crippen LogP contribution in [0.3, 0.4) is 0 Å². The molecule has 0 saturated heterocycles. The number of benzene rings is 2. The summed E-state index contributed by atoms with van der Waals surface area (Å²) in [6.45, 7) is 2.48. The molecule has 0 bridgehead atoms. The van der Waals surface area contributed by atoms with Gasteiger partial charge in [-0.3, -0.25) is 0 Å². The zero-order chi connectivity index (χ0) is 19.6. The SMILES string of the molecule is CCOc1cc(/C=N\NCc2ccccc2Cl)cc(Cl)c1OCC(=O)OC. The monoisotopic (exact) mass is 410 g/mol. The van der Waals surface area contributed by atoms with E-state index < -0.39 is 5.97 Å². The summed E-state index contributed by atoms with van der Waals surface area (Å²) in [5.41, 5.74) is 4.58. The van der Waals surface area contributed by atoms with E-state index in [1.165, 1.54) is 7.11 Å². The zero-order valence-corrected chi connectivity index (χ0v) is 16.5. The van der Waals surface area contributed by atoms with Crippen molar-refractivity contribution in [3.8, 4) is 11.5 Å². The van der Waals surface area contributed by atoms with Gasteiger partial charge in [0.05, 0.1) is 31.5 Å². The van der Waals surface area contributed by atoms with Crippen LogP contribution in [0.2, 0.25) is 10.0 Å². The minimum atomic E-state index is -0.511. The normalized spacial score (nSPS) is 10.7. The van der Waals surface area contributed by atoms with Crippen LogP contribution in [-0.4, -0.2) is 32.5 Å². The highest BCUT2D eigenvalue weighted by Gasteiger charge is 2.14. The van der Waals surface area contributed by atoms with E-state index in [2.05, 4.69) is 15.3 Å². The highest BCUT2D eigenvalue weighted by molar-refractivity contribution is 6.32. The van der Waals surface area contributed by atoms with Crippen LogP contribution in [0.15, 0.2) is 41.5 Å². The van der Waals surface area contributed by atoms with Crippen molar-refractivity contribution in [2.45, 2.75) is 13.5 Å². The van der Waals surface area contributed by atoms with Gasteiger partial charge in [0.2, 0.25) is 0 Å². The van der Waals surface area contributed by atoms with Gasteiger partial charge in [-0.2, -0.15) is 5.10 Å². The van der Waals surface area contributed by atoms with Crippen LogP contribution >= 0.6 is 23.2 Å². The number of carbonyl (C=O) groups is 1. The van der Waals surface area contributed by atoms with Crippen LogP contribution < -0.4 is 14.9 Å². The molecule has 2 aromatic rings. The molecule has 0 aliphatic heterocycles. The molecule has 6 nitrogen and oxygen atoms in total. The quantitative estimate of drug-likeness (QED) is 0.383. The second-order valence-electron chi connectivity index (χ2n) is 5.31. The molecule has 0 saturated carbocycles. The maximum Gasteiger partial charge on any atom is 0.343 e. The summed E-state index contributed by atoms with van der Waals surface area (Å²) in [5.74, 6) is 0.189. The topological polar surface area (TPSA) is 69.1 Å². The second-order valence-corrected chi connectivity index (χ2v) is 6.13. The number of nitrogens with zero attached hydrogens (tertiary/aromatic N) is 1. The van der Waals surface area contributed by atoms with Gasteiger partial charge in [-0.1, -0.05) is 41.4 Å². The summed E-state index contributed by atoms with van der Waals surface area (Å²) in [4.78, 5) is 11.3. The fourth-order valence-corrected chi connectivity index (χ4v) is 2.62. The van der Waals surface area contributed by atoms with Gasteiger partial charge in [0.1, 0.15) is 0 Å². The Morgan fingerprint density at radius 3 is 2.67 bits per heavy atom. The van der Waals surface area contributed by atoms with Crippen molar-refractivity contribution < 1.29 is 19.0 Å². The Morgan fingerprint density at radius 1 is 1.19 bits per heavy atom. The Morgan fingerprint density at radius 2 is 1.96 bits per heavy atom. The fourth-order valence-electron chi connectivity index (χ4n) is 2.15. The predicted octanol–water partition coefficient (Wildman–Crippen LogP) is 4.07. The van der Waals surface area contributed by atoms with Crippen LogP contribution in [-0.2, 0) is 16.1 Å². The van der Waals surface area contributed by atoms with Crippen molar-refractivity contribution in [3.05, 3.63) is 57.6 Å². The first-order valence-corrected chi connectivity index (χ1v) is 8.96. The zero-order valence-electron chi connectivity index (χ0n) is 15.0. The van der Waals surface area contributed by atoms with Crippen molar-refractivity contribution in [2.24, 2.45) is 5.10 Å². The molecule has 0 spiro atoms. The molecule has 0 aliphatic carbocycles. The lowest BCUT2D eigenvalue weighted by Crippen LogP contribution is -2.13. The third kappa shape index (κ3) is 6.34. The van der Waals surface area contributed by atoms with Crippen LogP contribution in [0.5, 0.6) is 11.5 Å². The Balaban J connectivity index is 2.08. The molecule has 0 fully saturated rings. The maximum absolute atomic E-state index is 11.3. The smallest absolute Gasteiger partial charge is 0.343 e. The van der Waals surface area contributed by atoms with Gasteiger partial charge in [0, 0.05) is 5.02 Å². The average Bonchev–Trinajstić information content (AvgIpc) is 2.66. The molecule has 0 heterocycles. The van der Waals surface area contributed by atoms with Crippen molar-refractivity contribution >= 4 is 35.4 Å². The van der Waals surface area contributed by atoms with E-state index in [1.54, 1.807) is 18.3 Å². The number of ether oxygens (including phenoxy) is 3. The van der Waals surface area contributed by atoms with E-state index in [-0.39, 0.29) is 12.4 Å². The van der Waals surface area contributed by atoms with Crippen LogP contribution in [0.25, 0.3) is 0 Å². The molecular weight excluding hydrogens is 391 g/mol. The summed E-state index contributed by atoms with van der Waals surface area (Å²) < 4.78 is 15.5. The lowest BCUT2D eigenvalue weighted by Gasteiger charge is -2.13. The van der Waals surface area contributed by atoms with E-state index >= 15 is 0 Å². The number of nitrogens with one attached hydrogen (secondary N) is 1. The molecule has 8 heteroatoms. The maximum atomic E-state index is 11.3. The van der Waals surface area contributed by atoms with Gasteiger partial charge in [-0.15, -0.1) is 0 Å². The lowest BCUT2D eigenvalue weighted by molar-refractivity contribution is -0.142. The van der Waals surface area contributed by atoms with Crippen molar-refractivity contribution in [3.63, 3.8) is 0 Å². The molecule has 0 radical (unpaired) electrons. The number of hydrazone groups is 1. The van der Waals surface area contributed by atoms with Crippen molar-refractivity contribution in [1.29, 1.82) is 0 Å². The number of hydrogen-bond acceptors (Lipinski definition) is 6. The Labute approximate surface area is 168 Å². The van der Waals surface area contributed by atoms with Crippen LogP contribution in [0.4, 0.5) is 0 Å². The van der Waals surface area contributed by atoms with Gasteiger partial charge in [0.15, 0.2) is 18.1 Å². The number of hydrogen-bond donors (Lipinski definition) is 1. The van der Waals surface area contributed by atoms with E-state index in [9.17, 15) is 4.79 Å².